The fourth-order valence-electron chi connectivity index (χ4n) is 2.42. The molecule has 0 radical (unpaired) electrons. The minimum absolute atomic E-state index is 0.0407. The zero-order valence-electron chi connectivity index (χ0n) is 10.4. The topological polar surface area (TPSA) is 61.9 Å². The van der Waals surface area contributed by atoms with Crippen molar-refractivity contribution in [1.82, 2.24) is 15.1 Å². The molecule has 19 heavy (non-hydrogen) atoms. The first-order valence-electron chi connectivity index (χ1n) is 6.30. The number of benzene rings is 1. The Hall–Kier alpha value is -2.24. The van der Waals surface area contributed by atoms with Gasteiger partial charge in [-0.2, -0.15) is 0 Å². The third-order valence-corrected chi connectivity index (χ3v) is 3.44. The van der Waals surface area contributed by atoms with Crippen molar-refractivity contribution in [3.63, 3.8) is 0 Å². The van der Waals surface area contributed by atoms with Crippen molar-refractivity contribution in [1.29, 1.82) is 0 Å². The molecule has 0 saturated carbocycles. The van der Waals surface area contributed by atoms with Crippen LogP contribution in [0, 0.1) is 0 Å². The highest BCUT2D eigenvalue weighted by atomic mass is 16.6. The fraction of sp³-hybridized carbons (Fsp3) is 0.385. The van der Waals surface area contributed by atoms with Crippen LogP contribution in [0.4, 0.5) is 9.59 Å². The molecule has 1 N–H and O–H groups in total. The largest absolute Gasteiger partial charge is 0.415 e. The number of para-hydroxylation sites is 1. The van der Waals surface area contributed by atoms with E-state index < -0.39 is 0 Å². The van der Waals surface area contributed by atoms with E-state index in [1.165, 1.54) is 0 Å². The second-order valence-electron chi connectivity index (χ2n) is 4.66. The van der Waals surface area contributed by atoms with Gasteiger partial charge >= 0.3 is 12.1 Å². The Morgan fingerprint density at radius 2 is 2.05 bits per heavy atom. The maximum absolute atomic E-state index is 12.0. The summed E-state index contributed by atoms with van der Waals surface area (Å²) in [6, 6.07) is 9.01. The van der Waals surface area contributed by atoms with Gasteiger partial charge in [0.15, 0.2) is 0 Å². The van der Waals surface area contributed by atoms with E-state index in [0.717, 1.165) is 0 Å². The highest BCUT2D eigenvalue weighted by Gasteiger charge is 2.37. The lowest BCUT2D eigenvalue weighted by Crippen LogP contribution is -2.54. The first kappa shape index (κ1) is 11.8. The molecule has 2 aliphatic heterocycles. The normalized spacial score (nSPS) is 21.9. The van der Waals surface area contributed by atoms with Crippen molar-refractivity contribution in [2.75, 3.05) is 26.2 Å². The molecule has 0 bridgehead atoms. The summed E-state index contributed by atoms with van der Waals surface area (Å²) in [5, 5.41) is 2.78. The van der Waals surface area contributed by atoms with Crippen LogP contribution >= 0.6 is 0 Å². The number of amides is 3. The average molecular weight is 261 g/mol. The second kappa shape index (κ2) is 4.79. The minimum atomic E-state index is -0.356. The molecule has 3 amide bonds. The van der Waals surface area contributed by atoms with Crippen molar-refractivity contribution in [2.24, 2.45) is 0 Å². The maximum Gasteiger partial charge on any atom is 0.415 e. The van der Waals surface area contributed by atoms with Crippen LogP contribution in [0.3, 0.4) is 0 Å². The second-order valence-corrected chi connectivity index (χ2v) is 4.66. The van der Waals surface area contributed by atoms with Crippen molar-refractivity contribution in [2.45, 2.75) is 6.04 Å². The van der Waals surface area contributed by atoms with Crippen LogP contribution in [0.15, 0.2) is 30.3 Å². The Balaban J connectivity index is 1.61. The molecule has 2 saturated heterocycles. The SMILES string of the molecule is O=C(Oc1ccccc1)N1CCN2C(=O)NCC2C1. The van der Waals surface area contributed by atoms with Gasteiger partial charge in [-0.25, -0.2) is 9.59 Å². The van der Waals surface area contributed by atoms with Crippen LogP contribution in [0.25, 0.3) is 0 Å². The van der Waals surface area contributed by atoms with E-state index in [2.05, 4.69) is 5.32 Å². The third kappa shape index (κ3) is 2.33. The monoisotopic (exact) mass is 261 g/mol. The number of hydrogen-bond acceptors (Lipinski definition) is 3. The average Bonchev–Trinajstić information content (AvgIpc) is 2.81. The van der Waals surface area contributed by atoms with E-state index >= 15 is 0 Å². The van der Waals surface area contributed by atoms with Crippen molar-refractivity contribution >= 4 is 12.1 Å². The molecule has 2 aliphatic rings. The predicted molar refractivity (Wildman–Crippen MR) is 67.9 cm³/mol. The molecule has 1 aromatic rings. The van der Waals surface area contributed by atoms with Gasteiger partial charge in [0.05, 0.1) is 6.04 Å². The third-order valence-electron chi connectivity index (χ3n) is 3.44. The quantitative estimate of drug-likeness (QED) is 0.816. The number of carbonyl (C=O) groups excluding carboxylic acids is 2. The summed E-state index contributed by atoms with van der Waals surface area (Å²) < 4.78 is 5.29. The van der Waals surface area contributed by atoms with Gasteiger partial charge in [-0.3, -0.25) is 0 Å². The van der Waals surface area contributed by atoms with Gasteiger partial charge in [0.2, 0.25) is 0 Å². The van der Waals surface area contributed by atoms with E-state index in [4.69, 9.17) is 4.74 Å². The van der Waals surface area contributed by atoms with E-state index in [1.54, 1.807) is 21.9 Å². The maximum atomic E-state index is 12.0. The Bertz CT molecular complexity index is 491. The number of fused-ring (bicyclic) bond motifs is 1. The summed E-state index contributed by atoms with van der Waals surface area (Å²) in [5.41, 5.74) is 0. The van der Waals surface area contributed by atoms with Crippen molar-refractivity contribution < 1.29 is 14.3 Å². The summed E-state index contributed by atoms with van der Waals surface area (Å²) in [6.45, 7) is 2.17. The van der Waals surface area contributed by atoms with Crippen LogP contribution < -0.4 is 10.1 Å². The van der Waals surface area contributed by atoms with Crippen LogP contribution in [-0.2, 0) is 0 Å². The van der Waals surface area contributed by atoms with Gasteiger partial charge in [-0.1, -0.05) is 18.2 Å². The number of rotatable bonds is 1. The molecule has 100 valence electrons. The number of piperazine rings is 1. The standard InChI is InChI=1S/C13H15N3O3/c17-12-14-8-10-9-15(6-7-16(10)12)13(18)19-11-4-2-1-3-5-11/h1-5,10H,6-9H2,(H,14,17). The number of carbonyl (C=O) groups is 2. The summed E-state index contributed by atoms with van der Waals surface area (Å²) >= 11 is 0. The van der Waals surface area contributed by atoms with Crippen LogP contribution in [0.5, 0.6) is 5.75 Å². The number of ether oxygens (including phenoxy) is 1. The highest BCUT2D eigenvalue weighted by Crippen LogP contribution is 2.16. The number of hydrogen-bond donors (Lipinski definition) is 1. The van der Waals surface area contributed by atoms with Gasteiger partial charge in [-0.15, -0.1) is 0 Å². The molecule has 3 rings (SSSR count). The zero-order chi connectivity index (χ0) is 13.2. The summed E-state index contributed by atoms with van der Waals surface area (Å²) in [5.74, 6) is 0.538. The highest BCUT2D eigenvalue weighted by molar-refractivity contribution is 5.78. The zero-order valence-corrected chi connectivity index (χ0v) is 10.4. The first-order valence-corrected chi connectivity index (χ1v) is 6.30. The van der Waals surface area contributed by atoms with Crippen LogP contribution in [-0.4, -0.2) is 54.1 Å². The Morgan fingerprint density at radius 3 is 2.84 bits per heavy atom. The van der Waals surface area contributed by atoms with Gasteiger partial charge in [-0.05, 0) is 12.1 Å². The molecule has 0 aromatic heterocycles. The molecule has 1 atom stereocenters. The predicted octanol–water partition coefficient (Wildman–Crippen LogP) is 0.895. The molecule has 2 heterocycles. The summed E-state index contributed by atoms with van der Waals surface area (Å²) in [4.78, 5) is 26.9. The smallest absolute Gasteiger partial charge is 0.410 e. The van der Waals surface area contributed by atoms with E-state index in [9.17, 15) is 9.59 Å². The number of nitrogens with one attached hydrogen (secondary N) is 1. The molecule has 6 nitrogen and oxygen atoms in total. The molecule has 2 fully saturated rings. The first-order chi connectivity index (χ1) is 9.24. The Kier molecular flexibility index (Phi) is 2.98. The molecule has 0 aliphatic carbocycles. The fourth-order valence-corrected chi connectivity index (χ4v) is 2.42. The molecule has 1 unspecified atom stereocenters. The van der Waals surface area contributed by atoms with E-state index in [1.807, 2.05) is 18.2 Å². The lowest BCUT2D eigenvalue weighted by molar-refractivity contribution is 0.104. The van der Waals surface area contributed by atoms with Gasteiger partial charge in [0, 0.05) is 26.2 Å². The van der Waals surface area contributed by atoms with Gasteiger partial charge in [0.1, 0.15) is 5.75 Å². The molecule has 6 heteroatoms. The van der Waals surface area contributed by atoms with Gasteiger partial charge < -0.3 is 19.9 Å². The molecule has 0 spiro atoms. The lowest BCUT2D eigenvalue weighted by atomic mass is 10.2. The molecular weight excluding hydrogens is 246 g/mol. The Morgan fingerprint density at radius 1 is 1.26 bits per heavy atom. The summed E-state index contributed by atoms with van der Waals surface area (Å²) in [6.07, 6.45) is -0.356. The van der Waals surface area contributed by atoms with Gasteiger partial charge in [0.25, 0.3) is 0 Å². The number of urea groups is 1. The molecule has 1 aromatic carbocycles. The van der Waals surface area contributed by atoms with Crippen molar-refractivity contribution in [3.05, 3.63) is 30.3 Å². The van der Waals surface area contributed by atoms with E-state index in [0.29, 0.717) is 31.9 Å². The van der Waals surface area contributed by atoms with Crippen LogP contribution in [0.2, 0.25) is 0 Å². The lowest BCUT2D eigenvalue weighted by Gasteiger charge is -2.35. The van der Waals surface area contributed by atoms with E-state index in [-0.39, 0.29) is 18.2 Å². The number of nitrogens with zero attached hydrogens (tertiary/aromatic N) is 2. The molecular formula is C13H15N3O3. The Labute approximate surface area is 110 Å². The van der Waals surface area contributed by atoms with Crippen molar-refractivity contribution in [3.8, 4) is 5.75 Å². The summed E-state index contributed by atoms with van der Waals surface area (Å²) in [7, 11) is 0. The van der Waals surface area contributed by atoms with Crippen LogP contribution in [0.1, 0.15) is 0 Å². The minimum Gasteiger partial charge on any atom is -0.410 e.